The van der Waals surface area contributed by atoms with E-state index < -0.39 is 0 Å². The zero-order valence-electron chi connectivity index (χ0n) is 14.8. The lowest BCUT2D eigenvalue weighted by molar-refractivity contribution is 0.110. The van der Waals surface area contributed by atoms with Crippen LogP contribution in [0.25, 0.3) is 10.4 Å². The first-order valence-electron chi connectivity index (χ1n) is 9.12. The van der Waals surface area contributed by atoms with Gasteiger partial charge in [0.25, 0.3) is 0 Å². The molecule has 3 atom stereocenters. The first-order chi connectivity index (χ1) is 12.3. The molecular formula is C21H26N4. The number of hydrogen-bond acceptors (Lipinski definition) is 2. The van der Waals surface area contributed by atoms with Crippen molar-refractivity contribution in [1.82, 2.24) is 4.90 Å². The summed E-state index contributed by atoms with van der Waals surface area (Å²) < 4.78 is 0. The van der Waals surface area contributed by atoms with Gasteiger partial charge in [-0.3, -0.25) is 4.90 Å². The van der Waals surface area contributed by atoms with Crippen LogP contribution in [-0.4, -0.2) is 17.0 Å². The van der Waals surface area contributed by atoms with Crippen molar-refractivity contribution in [3.8, 4) is 0 Å². The third-order valence-electron chi connectivity index (χ3n) is 5.27. The van der Waals surface area contributed by atoms with E-state index >= 15 is 0 Å². The van der Waals surface area contributed by atoms with E-state index in [2.05, 4.69) is 82.5 Å². The third-order valence-corrected chi connectivity index (χ3v) is 5.27. The molecule has 1 saturated carbocycles. The lowest BCUT2D eigenvalue weighted by Gasteiger charge is -2.39. The molecule has 0 unspecified atom stereocenters. The van der Waals surface area contributed by atoms with Gasteiger partial charge in [-0.2, -0.15) is 0 Å². The maximum atomic E-state index is 8.75. The van der Waals surface area contributed by atoms with Gasteiger partial charge in [-0.15, -0.1) is 0 Å². The Bertz CT molecular complexity index is 653. The summed E-state index contributed by atoms with van der Waals surface area (Å²) >= 11 is 0. The highest BCUT2D eigenvalue weighted by molar-refractivity contribution is 5.17. The molecule has 4 nitrogen and oxygen atoms in total. The van der Waals surface area contributed by atoms with E-state index in [1.54, 1.807) is 0 Å². The van der Waals surface area contributed by atoms with Gasteiger partial charge in [0.05, 0.1) is 0 Å². The van der Waals surface area contributed by atoms with E-state index in [-0.39, 0.29) is 6.04 Å². The smallest absolute Gasteiger partial charge is 0.0400 e. The second-order valence-corrected chi connectivity index (χ2v) is 7.09. The van der Waals surface area contributed by atoms with Crippen molar-refractivity contribution in [2.75, 3.05) is 0 Å². The zero-order valence-corrected chi connectivity index (χ0v) is 14.8. The van der Waals surface area contributed by atoms with Crippen molar-refractivity contribution in [3.05, 3.63) is 82.2 Å². The van der Waals surface area contributed by atoms with Crippen molar-refractivity contribution in [3.63, 3.8) is 0 Å². The Morgan fingerprint density at radius 2 is 1.52 bits per heavy atom. The molecule has 4 heteroatoms. The molecule has 0 amide bonds. The molecule has 0 N–H and O–H groups in total. The quantitative estimate of drug-likeness (QED) is 0.388. The lowest BCUT2D eigenvalue weighted by Crippen LogP contribution is -2.41. The molecule has 1 fully saturated rings. The lowest BCUT2D eigenvalue weighted by atomic mass is 9.82. The fourth-order valence-electron chi connectivity index (χ4n) is 3.87. The van der Waals surface area contributed by atoms with Crippen LogP contribution in [0, 0.1) is 5.92 Å². The van der Waals surface area contributed by atoms with Gasteiger partial charge < -0.3 is 0 Å². The minimum atomic E-state index is 0.150. The Labute approximate surface area is 150 Å². The van der Waals surface area contributed by atoms with E-state index in [1.807, 2.05) is 0 Å². The Hall–Kier alpha value is -2.29. The van der Waals surface area contributed by atoms with Crippen LogP contribution in [0.1, 0.15) is 37.3 Å². The zero-order chi connectivity index (χ0) is 17.5. The predicted octanol–water partition coefficient (Wildman–Crippen LogP) is 5.56. The van der Waals surface area contributed by atoms with Gasteiger partial charge in [0, 0.05) is 30.1 Å². The molecule has 0 radical (unpaired) electrons. The normalized spacial score (nSPS) is 23.2. The molecule has 130 valence electrons. The van der Waals surface area contributed by atoms with Crippen LogP contribution in [-0.2, 0) is 13.1 Å². The topological polar surface area (TPSA) is 52.0 Å². The minimum absolute atomic E-state index is 0.150. The van der Waals surface area contributed by atoms with Crippen molar-refractivity contribution < 1.29 is 0 Å². The first-order valence-corrected chi connectivity index (χ1v) is 9.12. The second-order valence-electron chi connectivity index (χ2n) is 7.09. The Morgan fingerprint density at radius 3 is 2.00 bits per heavy atom. The summed E-state index contributed by atoms with van der Waals surface area (Å²) in [6, 6.07) is 22.1. The largest absolute Gasteiger partial charge is 0.292 e. The Balaban J connectivity index is 1.75. The number of nitrogens with zero attached hydrogens (tertiary/aromatic N) is 4. The number of benzene rings is 2. The minimum Gasteiger partial charge on any atom is -0.292 e. The van der Waals surface area contributed by atoms with E-state index in [0.717, 1.165) is 32.4 Å². The van der Waals surface area contributed by atoms with Gasteiger partial charge in [-0.05, 0) is 41.8 Å². The molecule has 0 spiro atoms. The average molecular weight is 334 g/mol. The van der Waals surface area contributed by atoms with Crippen LogP contribution in [0.4, 0.5) is 0 Å². The summed E-state index contributed by atoms with van der Waals surface area (Å²) in [5.41, 5.74) is 11.4. The van der Waals surface area contributed by atoms with E-state index in [1.165, 1.54) is 11.1 Å². The summed E-state index contributed by atoms with van der Waals surface area (Å²) in [6.45, 7) is 4.13. The van der Waals surface area contributed by atoms with Crippen molar-refractivity contribution >= 4 is 0 Å². The molecule has 0 aromatic heterocycles. The molecule has 2 aromatic carbocycles. The maximum absolute atomic E-state index is 8.75. The average Bonchev–Trinajstić information content (AvgIpc) is 2.65. The summed E-state index contributed by atoms with van der Waals surface area (Å²) in [4.78, 5) is 5.62. The summed E-state index contributed by atoms with van der Waals surface area (Å²) in [7, 11) is 0. The highest BCUT2D eigenvalue weighted by atomic mass is 15.2. The summed E-state index contributed by atoms with van der Waals surface area (Å²) in [5.74, 6) is 0.434. The molecule has 0 heterocycles. The molecule has 0 bridgehead atoms. The number of azide groups is 1. The van der Waals surface area contributed by atoms with Crippen molar-refractivity contribution in [2.45, 2.75) is 51.4 Å². The monoisotopic (exact) mass is 334 g/mol. The van der Waals surface area contributed by atoms with Crippen LogP contribution >= 0.6 is 0 Å². The number of rotatable bonds is 6. The fourth-order valence-corrected chi connectivity index (χ4v) is 3.87. The molecule has 1 aliphatic rings. The molecule has 0 saturated heterocycles. The Morgan fingerprint density at radius 1 is 0.960 bits per heavy atom. The highest BCUT2D eigenvalue weighted by Crippen LogP contribution is 2.31. The molecule has 0 aliphatic heterocycles. The van der Waals surface area contributed by atoms with Gasteiger partial charge in [-0.25, -0.2) is 0 Å². The van der Waals surface area contributed by atoms with Crippen LogP contribution in [0.2, 0.25) is 0 Å². The van der Waals surface area contributed by atoms with Crippen molar-refractivity contribution in [2.24, 2.45) is 11.0 Å². The summed E-state index contributed by atoms with van der Waals surface area (Å²) in [6.07, 6.45) is 3.16. The maximum Gasteiger partial charge on any atom is 0.0400 e. The standard InChI is InChI=1S/C21H26N4/c1-17-14-20(12-13-21(17)23-24-22)25(15-18-8-4-2-5-9-18)16-19-10-6-3-7-11-19/h2-11,17,20-21H,12-16H2,1H3/t17-,20-,21-/m1/s1. The first kappa shape index (κ1) is 17.5. The van der Waals surface area contributed by atoms with Crippen molar-refractivity contribution in [1.29, 1.82) is 0 Å². The fraction of sp³-hybridized carbons (Fsp3) is 0.429. The van der Waals surface area contributed by atoms with E-state index in [9.17, 15) is 0 Å². The van der Waals surface area contributed by atoms with Crippen LogP contribution in [0.5, 0.6) is 0 Å². The van der Waals surface area contributed by atoms with Crippen LogP contribution in [0.15, 0.2) is 65.8 Å². The SMILES string of the molecule is C[C@@H]1C[C@H](N(Cc2ccccc2)Cc2ccccc2)CC[C@H]1N=[N+]=[N-]. The van der Waals surface area contributed by atoms with E-state index in [0.29, 0.717) is 12.0 Å². The number of hydrogen-bond donors (Lipinski definition) is 0. The molecular weight excluding hydrogens is 308 g/mol. The third kappa shape index (κ3) is 4.85. The highest BCUT2D eigenvalue weighted by Gasteiger charge is 2.30. The second kappa shape index (κ2) is 8.70. The van der Waals surface area contributed by atoms with E-state index in [4.69, 9.17) is 5.53 Å². The van der Waals surface area contributed by atoms with Crippen LogP contribution < -0.4 is 0 Å². The predicted molar refractivity (Wildman–Crippen MR) is 102 cm³/mol. The molecule has 3 rings (SSSR count). The van der Waals surface area contributed by atoms with Gasteiger partial charge in [0.15, 0.2) is 0 Å². The molecule has 2 aromatic rings. The van der Waals surface area contributed by atoms with Gasteiger partial charge in [-0.1, -0.05) is 72.7 Å². The summed E-state index contributed by atoms with van der Waals surface area (Å²) in [5, 5.41) is 3.99. The molecule has 1 aliphatic carbocycles. The molecule has 25 heavy (non-hydrogen) atoms. The van der Waals surface area contributed by atoms with Gasteiger partial charge >= 0.3 is 0 Å². The Kier molecular flexibility index (Phi) is 6.10. The van der Waals surface area contributed by atoms with Crippen LogP contribution in [0.3, 0.4) is 0 Å². The van der Waals surface area contributed by atoms with Gasteiger partial charge in [0.2, 0.25) is 0 Å². The van der Waals surface area contributed by atoms with Gasteiger partial charge in [0.1, 0.15) is 0 Å².